The van der Waals surface area contributed by atoms with E-state index in [9.17, 15) is 14.9 Å². The topological polar surface area (TPSA) is 93.5 Å². The summed E-state index contributed by atoms with van der Waals surface area (Å²) in [5.41, 5.74) is 2.18. The molecule has 0 unspecified atom stereocenters. The monoisotopic (exact) mass is 385 g/mol. The molecule has 28 heavy (non-hydrogen) atoms. The number of ether oxygens (including phenoxy) is 1. The average Bonchev–Trinajstić information content (AvgIpc) is 2.64. The van der Waals surface area contributed by atoms with Crippen molar-refractivity contribution >= 4 is 23.0 Å². The highest BCUT2D eigenvalue weighted by atomic mass is 16.6. The Labute approximate surface area is 165 Å². The number of para-hydroxylation sites is 2. The summed E-state index contributed by atoms with van der Waals surface area (Å²) in [6.07, 6.45) is 0.829. The first-order valence-electron chi connectivity index (χ1n) is 9.18. The number of methoxy groups -OCH3 is 1. The summed E-state index contributed by atoms with van der Waals surface area (Å²) in [6, 6.07) is 12.2. The molecular weight excluding hydrogens is 358 g/mol. The zero-order valence-corrected chi connectivity index (χ0v) is 16.7. The van der Waals surface area contributed by atoms with E-state index in [0.29, 0.717) is 30.1 Å². The number of hydrogen-bond acceptors (Lipinski definition) is 5. The summed E-state index contributed by atoms with van der Waals surface area (Å²) in [5.74, 6) is 0.480. The van der Waals surface area contributed by atoms with Gasteiger partial charge in [0.05, 0.1) is 17.7 Å². The van der Waals surface area contributed by atoms with Crippen LogP contribution in [0.15, 0.2) is 42.5 Å². The Morgan fingerprint density at radius 1 is 1.14 bits per heavy atom. The van der Waals surface area contributed by atoms with Gasteiger partial charge in [0.2, 0.25) is 5.91 Å². The van der Waals surface area contributed by atoms with Crippen LogP contribution in [0.4, 0.5) is 17.1 Å². The molecule has 1 amide bonds. The number of nitrogens with zero attached hydrogens (tertiary/aromatic N) is 1. The molecule has 7 heteroatoms. The number of nitro benzene ring substituents is 1. The molecule has 2 aromatic rings. The van der Waals surface area contributed by atoms with E-state index in [1.54, 1.807) is 25.3 Å². The van der Waals surface area contributed by atoms with Crippen LogP contribution in [0.5, 0.6) is 5.75 Å². The highest BCUT2D eigenvalue weighted by Gasteiger charge is 2.17. The number of benzene rings is 2. The molecule has 0 aliphatic heterocycles. The Morgan fingerprint density at radius 2 is 1.86 bits per heavy atom. The zero-order valence-electron chi connectivity index (χ0n) is 16.7. The highest BCUT2D eigenvalue weighted by Crippen LogP contribution is 2.31. The smallest absolute Gasteiger partial charge is 0.292 e. The molecule has 7 nitrogen and oxygen atoms in total. The number of amides is 1. The maximum atomic E-state index is 12.3. The maximum Gasteiger partial charge on any atom is 0.292 e. The zero-order chi connectivity index (χ0) is 20.7. The van der Waals surface area contributed by atoms with E-state index < -0.39 is 4.92 Å². The average molecular weight is 385 g/mol. The summed E-state index contributed by atoms with van der Waals surface area (Å²) >= 11 is 0. The molecule has 0 radical (unpaired) electrons. The Morgan fingerprint density at radius 3 is 2.50 bits per heavy atom. The van der Waals surface area contributed by atoms with Crippen LogP contribution in [0.1, 0.15) is 39.2 Å². The van der Waals surface area contributed by atoms with Gasteiger partial charge in [-0.05, 0) is 35.6 Å². The molecule has 0 spiro atoms. The molecule has 0 heterocycles. The Hall–Kier alpha value is -3.09. The quantitative estimate of drug-likeness (QED) is 0.389. The number of anilines is 2. The predicted octanol–water partition coefficient (Wildman–Crippen LogP) is 4.73. The van der Waals surface area contributed by atoms with Gasteiger partial charge < -0.3 is 15.4 Å². The van der Waals surface area contributed by atoms with E-state index in [2.05, 4.69) is 31.4 Å². The summed E-state index contributed by atoms with van der Waals surface area (Å²) in [7, 11) is 1.57. The number of nitrogens with one attached hydrogen (secondary N) is 2. The third-order valence-electron chi connectivity index (χ3n) is 4.34. The fourth-order valence-corrected chi connectivity index (χ4v) is 2.74. The van der Waals surface area contributed by atoms with Crippen molar-refractivity contribution in [2.24, 2.45) is 0 Å². The summed E-state index contributed by atoms with van der Waals surface area (Å²) in [6.45, 7) is 6.77. The van der Waals surface area contributed by atoms with Crippen LogP contribution in [0.2, 0.25) is 0 Å². The lowest BCUT2D eigenvalue weighted by atomic mass is 9.87. The second-order valence-electron chi connectivity index (χ2n) is 7.52. The Kier molecular flexibility index (Phi) is 6.98. The predicted molar refractivity (Wildman–Crippen MR) is 111 cm³/mol. The fourth-order valence-electron chi connectivity index (χ4n) is 2.74. The van der Waals surface area contributed by atoms with Gasteiger partial charge in [-0.25, -0.2) is 0 Å². The molecular formula is C21H27N3O4. The van der Waals surface area contributed by atoms with Crippen LogP contribution in [-0.4, -0.2) is 24.5 Å². The van der Waals surface area contributed by atoms with E-state index in [-0.39, 0.29) is 23.4 Å². The normalized spacial score (nSPS) is 11.0. The molecule has 2 rings (SSSR count). The van der Waals surface area contributed by atoms with Gasteiger partial charge in [0.15, 0.2) is 0 Å². The molecule has 0 fully saturated rings. The number of nitro groups is 1. The van der Waals surface area contributed by atoms with Crippen molar-refractivity contribution in [2.45, 2.75) is 39.0 Å². The van der Waals surface area contributed by atoms with E-state index in [1.165, 1.54) is 6.07 Å². The second kappa shape index (κ2) is 9.21. The van der Waals surface area contributed by atoms with Gasteiger partial charge in [-0.15, -0.1) is 0 Å². The van der Waals surface area contributed by atoms with Crippen LogP contribution in [0.25, 0.3) is 0 Å². The molecule has 0 atom stereocenters. The molecule has 0 saturated heterocycles. The van der Waals surface area contributed by atoms with Crippen LogP contribution < -0.4 is 15.4 Å². The summed E-state index contributed by atoms with van der Waals surface area (Å²) in [5, 5.41) is 16.9. The molecule has 2 aromatic carbocycles. The second-order valence-corrected chi connectivity index (χ2v) is 7.52. The lowest BCUT2D eigenvalue weighted by molar-refractivity contribution is -0.384. The summed E-state index contributed by atoms with van der Waals surface area (Å²) < 4.78 is 5.34. The Bertz CT molecular complexity index is 844. The van der Waals surface area contributed by atoms with Crippen molar-refractivity contribution in [3.63, 3.8) is 0 Å². The number of rotatable bonds is 8. The van der Waals surface area contributed by atoms with E-state index in [4.69, 9.17) is 4.74 Å². The van der Waals surface area contributed by atoms with Crippen molar-refractivity contribution in [1.82, 2.24) is 0 Å². The van der Waals surface area contributed by atoms with E-state index in [1.807, 2.05) is 18.2 Å². The van der Waals surface area contributed by atoms with E-state index >= 15 is 0 Å². The minimum absolute atomic E-state index is 0.0238. The Balaban J connectivity index is 1.92. The first kappa shape index (κ1) is 21.2. The van der Waals surface area contributed by atoms with Crippen molar-refractivity contribution in [1.29, 1.82) is 0 Å². The minimum Gasteiger partial charge on any atom is -0.495 e. The molecule has 2 N–H and O–H groups in total. The summed E-state index contributed by atoms with van der Waals surface area (Å²) in [4.78, 5) is 22.9. The van der Waals surface area contributed by atoms with Crippen molar-refractivity contribution in [3.05, 3.63) is 58.1 Å². The van der Waals surface area contributed by atoms with Crippen LogP contribution in [0, 0.1) is 10.1 Å². The van der Waals surface area contributed by atoms with Crippen molar-refractivity contribution < 1.29 is 14.5 Å². The number of carbonyl (C=O) groups excluding carboxylic acids is 1. The molecule has 0 saturated carbocycles. The third-order valence-corrected chi connectivity index (χ3v) is 4.34. The highest BCUT2D eigenvalue weighted by molar-refractivity contribution is 5.92. The van der Waals surface area contributed by atoms with E-state index in [0.717, 1.165) is 5.56 Å². The minimum atomic E-state index is -0.427. The third kappa shape index (κ3) is 5.70. The van der Waals surface area contributed by atoms with Gasteiger partial charge in [-0.3, -0.25) is 14.9 Å². The van der Waals surface area contributed by atoms with Crippen LogP contribution in [0.3, 0.4) is 0 Å². The lowest BCUT2D eigenvalue weighted by Crippen LogP contribution is -2.16. The lowest BCUT2D eigenvalue weighted by Gasteiger charge is -2.21. The van der Waals surface area contributed by atoms with Crippen LogP contribution >= 0.6 is 0 Å². The molecule has 0 aliphatic rings. The van der Waals surface area contributed by atoms with Gasteiger partial charge in [0.1, 0.15) is 11.4 Å². The van der Waals surface area contributed by atoms with Gasteiger partial charge in [-0.1, -0.05) is 39.0 Å². The number of carbonyl (C=O) groups is 1. The maximum absolute atomic E-state index is 12.3. The van der Waals surface area contributed by atoms with Gasteiger partial charge in [-0.2, -0.15) is 0 Å². The standard InChI is InChI=1S/C21H27N3O4/c1-21(2,3)15-11-12-19(28-4)17(14-15)23-20(25)10-7-13-22-16-8-5-6-9-18(16)24(26)27/h5-6,8-9,11-12,14,22H,7,10,13H2,1-4H3,(H,23,25). The molecule has 0 aromatic heterocycles. The van der Waals surface area contributed by atoms with Gasteiger partial charge in [0.25, 0.3) is 5.69 Å². The van der Waals surface area contributed by atoms with Crippen LogP contribution in [-0.2, 0) is 10.2 Å². The number of hydrogen-bond donors (Lipinski definition) is 2. The first-order valence-corrected chi connectivity index (χ1v) is 9.18. The van der Waals surface area contributed by atoms with Gasteiger partial charge in [0, 0.05) is 19.0 Å². The van der Waals surface area contributed by atoms with Crippen molar-refractivity contribution in [2.75, 3.05) is 24.3 Å². The molecule has 0 aliphatic carbocycles. The SMILES string of the molecule is COc1ccc(C(C)(C)C)cc1NC(=O)CCCNc1ccccc1[N+](=O)[O-]. The first-order chi connectivity index (χ1) is 13.2. The fraction of sp³-hybridized carbons (Fsp3) is 0.381. The molecule has 150 valence electrons. The van der Waals surface area contributed by atoms with Gasteiger partial charge >= 0.3 is 0 Å². The molecule has 0 bridgehead atoms. The van der Waals surface area contributed by atoms with Crippen molar-refractivity contribution in [3.8, 4) is 5.75 Å². The largest absolute Gasteiger partial charge is 0.495 e.